The van der Waals surface area contributed by atoms with Crippen molar-refractivity contribution in [2.45, 2.75) is 24.8 Å². The van der Waals surface area contributed by atoms with Crippen molar-refractivity contribution >= 4 is 5.91 Å². The van der Waals surface area contributed by atoms with Crippen LogP contribution in [0.15, 0.2) is 0 Å². The van der Waals surface area contributed by atoms with Crippen molar-refractivity contribution in [1.29, 1.82) is 0 Å². The molecule has 4 nitrogen and oxygen atoms in total. The van der Waals surface area contributed by atoms with Gasteiger partial charge in [0.1, 0.15) is 0 Å². The predicted octanol–water partition coefficient (Wildman–Crippen LogP) is -0.273. The summed E-state index contributed by atoms with van der Waals surface area (Å²) in [5, 5.41) is 0. The van der Waals surface area contributed by atoms with Gasteiger partial charge in [-0.05, 0) is 19.3 Å². The van der Waals surface area contributed by atoms with Crippen molar-refractivity contribution < 1.29 is 9.53 Å². The first-order valence-electron chi connectivity index (χ1n) is 4.88. The smallest absolute Gasteiger partial charge is 0.242 e. The fourth-order valence-corrected chi connectivity index (χ4v) is 1.78. The van der Waals surface area contributed by atoms with Crippen LogP contribution in [0.1, 0.15) is 19.3 Å². The molecule has 13 heavy (non-hydrogen) atoms. The van der Waals surface area contributed by atoms with E-state index >= 15 is 0 Å². The largest absolute Gasteiger partial charge is 0.381 e. The normalized spacial score (nSPS) is 26.7. The summed E-state index contributed by atoms with van der Waals surface area (Å²) in [6, 6.07) is 0. The number of hydrogen-bond acceptors (Lipinski definition) is 3. The Morgan fingerprint density at radius 3 is 2.38 bits per heavy atom. The fourth-order valence-electron chi connectivity index (χ4n) is 1.78. The lowest BCUT2D eigenvalue weighted by Gasteiger charge is -2.40. The molecule has 0 spiro atoms. The van der Waals surface area contributed by atoms with Gasteiger partial charge in [0.25, 0.3) is 0 Å². The van der Waals surface area contributed by atoms with Gasteiger partial charge in [0.05, 0.1) is 5.54 Å². The summed E-state index contributed by atoms with van der Waals surface area (Å²) in [5.41, 5.74) is 5.42. The maximum atomic E-state index is 11.8. The molecule has 2 fully saturated rings. The van der Waals surface area contributed by atoms with E-state index in [1.165, 1.54) is 0 Å². The number of hydrogen-bond donors (Lipinski definition) is 1. The van der Waals surface area contributed by atoms with Crippen molar-refractivity contribution in [3.63, 3.8) is 0 Å². The maximum Gasteiger partial charge on any atom is 0.242 e. The summed E-state index contributed by atoms with van der Waals surface area (Å²) in [6.07, 6.45) is 2.46. The minimum Gasteiger partial charge on any atom is -0.381 e. The molecule has 0 unspecified atom stereocenters. The molecule has 4 heteroatoms. The second-order valence-corrected chi connectivity index (χ2v) is 3.91. The second-order valence-electron chi connectivity index (χ2n) is 3.91. The van der Waals surface area contributed by atoms with Crippen LogP contribution in [0.5, 0.6) is 0 Å². The zero-order chi connectivity index (χ0) is 9.31. The first-order chi connectivity index (χ1) is 6.22. The Balaban J connectivity index is 1.99. The van der Waals surface area contributed by atoms with Gasteiger partial charge < -0.3 is 15.4 Å². The first kappa shape index (κ1) is 8.97. The Kier molecular flexibility index (Phi) is 2.26. The molecule has 2 aliphatic heterocycles. The number of carbonyl (C=O) groups excluding carboxylic acids is 1. The summed E-state index contributed by atoms with van der Waals surface area (Å²) in [6.45, 7) is 3.02. The van der Waals surface area contributed by atoms with Crippen LogP contribution >= 0.6 is 0 Å². The van der Waals surface area contributed by atoms with Gasteiger partial charge in [0.15, 0.2) is 0 Å². The van der Waals surface area contributed by atoms with Gasteiger partial charge in [-0.1, -0.05) is 0 Å². The number of amides is 1. The Hall–Kier alpha value is -0.610. The topological polar surface area (TPSA) is 55.6 Å². The molecular weight excluding hydrogens is 168 g/mol. The van der Waals surface area contributed by atoms with Gasteiger partial charge in [0.2, 0.25) is 5.91 Å². The number of likely N-dealkylation sites (tertiary alicyclic amines) is 1. The second kappa shape index (κ2) is 3.27. The van der Waals surface area contributed by atoms with Crippen LogP contribution in [-0.2, 0) is 9.53 Å². The number of nitrogens with two attached hydrogens (primary N) is 1. The Morgan fingerprint density at radius 1 is 1.31 bits per heavy atom. The average molecular weight is 184 g/mol. The van der Waals surface area contributed by atoms with Crippen molar-refractivity contribution in [1.82, 2.24) is 4.90 Å². The van der Waals surface area contributed by atoms with Gasteiger partial charge in [-0.2, -0.15) is 0 Å². The number of nitrogens with zero attached hydrogens (tertiary/aromatic N) is 1. The third kappa shape index (κ3) is 1.56. The van der Waals surface area contributed by atoms with Crippen LogP contribution in [0.3, 0.4) is 0 Å². The molecule has 0 bridgehead atoms. The van der Waals surface area contributed by atoms with Gasteiger partial charge in [-0.15, -0.1) is 0 Å². The molecule has 2 N–H and O–H groups in total. The predicted molar refractivity (Wildman–Crippen MR) is 48.2 cm³/mol. The van der Waals surface area contributed by atoms with Crippen LogP contribution < -0.4 is 5.73 Å². The lowest BCUT2D eigenvalue weighted by atomic mass is 9.89. The summed E-state index contributed by atoms with van der Waals surface area (Å²) in [7, 11) is 0. The third-order valence-corrected chi connectivity index (χ3v) is 2.95. The van der Waals surface area contributed by atoms with E-state index in [4.69, 9.17) is 10.5 Å². The zero-order valence-corrected chi connectivity index (χ0v) is 7.79. The van der Waals surface area contributed by atoms with E-state index < -0.39 is 5.54 Å². The molecule has 0 aromatic rings. The van der Waals surface area contributed by atoms with E-state index in [1.54, 1.807) is 0 Å². The summed E-state index contributed by atoms with van der Waals surface area (Å²) >= 11 is 0. The van der Waals surface area contributed by atoms with E-state index in [0.29, 0.717) is 26.1 Å². The van der Waals surface area contributed by atoms with E-state index in [9.17, 15) is 4.79 Å². The molecule has 2 heterocycles. The SMILES string of the molecule is NC1(C(=O)N2CCC2)CCOCC1. The lowest BCUT2D eigenvalue weighted by molar-refractivity contribution is -0.144. The highest BCUT2D eigenvalue weighted by atomic mass is 16.5. The molecule has 0 radical (unpaired) electrons. The van der Waals surface area contributed by atoms with Crippen LogP contribution in [0.4, 0.5) is 0 Å². The van der Waals surface area contributed by atoms with Crippen molar-refractivity contribution in [2.24, 2.45) is 5.73 Å². The molecular formula is C9H16N2O2. The summed E-state index contributed by atoms with van der Waals surface area (Å²) in [4.78, 5) is 13.7. The third-order valence-electron chi connectivity index (χ3n) is 2.95. The molecule has 0 aromatic heterocycles. The van der Waals surface area contributed by atoms with E-state index in [0.717, 1.165) is 19.5 Å². The van der Waals surface area contributed by atoms with Crippen molar-refractivity contribution in [3.8, 4) is 0 Å². The molecule has 2 saturated heterocycles. The Bertz CT molecular complexity index is 208. The van der Waals surface area contributed by atoms with Crippen LogP contribution in [-0.4, -0.2) is 42.6 Å². The minimum atomic E-state index is -0.626. The molecule has 2 rings (SSSR count). The van der Waals surface area contributed by atoms with Gasteiger partial charge in [-0.25, -0.2) is 0 Å². The number of carbonyl (C=O) groups is 1. The Labute approximate surface area is 78.0 Å². The molecule has 74 valence electrons. The highest BCUT2D eigenvalue weighted by Gasteiger charge is 2.40. The van der Waals surface area contributed by atoms with Crippen LogP contribution in [0, 0.1) is 0 Å². The molecule has 1 amide bonds. The number of rotatable bonds is 1. The van der Waals surface area contributed by atoms with Gasteiger partial charge in [0, 0.05) is 26.3 Å². The number of ether oxygens (including phenoxy) is 1. The van der Waals surface area contributed by atoms with E-state index in [-0.39, 0.29) is 5.91 Å². The Morgan fingerprint density at radius 2 is 1.92 bits per heavy atom. The molecule has 0 saturated carbocycles. The molecule has 0 aliphatic carbocycles. The summed E-state index contributed by atoms with van der Waals surface area (Å²) < 4.78 is 5.20. The molecule has 0 atom stereocenters. The van der Waals surface area contributed by atoms with Crippen LogP contribution in [0.25, 0.3) is 0 Å². The van der Waals surface area contributed by atoms with Gasteiger partial charge >= 0.3 is 0 Å². The van der Waals surface area contributed by atoms with Crippen molar-refractivity contribution in [2.75, 3.05) is 26.3 Å². The highest BCUT2D eigenvalue weighted by Crippen LogP contribution is 2.22. The van der Waals surface area contributed by atoms with E-state index in [2.05, 4.69) is 0 Å². The highest BCUT2D eigenvalue weighted by molar-refractivity contribution is 5.86. The monoisotopic (exact) mass is 184 g/mol. The zero-order valence-electron chi connectivity index (χ0n) is 7.79. The van der Waals surface area contributed by atoms with E-state index in [1.807, 2.05) is 4.90 Å². The van der Waals surface area contributed by atoms with Crippen molar-refractivity contribution in [3.05, 3.63) is 0 Å². The first-order valence-corrected chi connectivity index (χ1v) is 4.88. The summed E-state index contributed by atoms with van der Waals surface area (Å²) in [5.74, 6) is 0.127. The minimum absolute atomic E-state index is 0.127. The van der Waals surface area contributed by atoms with Gasteiger partial charge in [-0.3, -0.25) is 4.79 Å². The standard InChI is InChI=1S/C9H16N2O2/c10-9(2-6-13-7-3-9)8(12)11-4-1-5-11/h1-7,10H2. The average Bonchev–Trinajstić information content (AvgIpc) is 2.02. The quantitative estimate of drug-likeness (QED) is 0.610. The molecule has 0 aromatic carbocycles. The molecule has 2 aliphatic rings. The lowest BCUT2D eigenvalue weighted by Crippen LogP contribution is -2.60. The van der Waals surface area contributed by atoms with Crippen LogP contribution in [0.2, 0.25) is 0 Å². The fraction of sp³-hybridized carbons (Fsp3) is 0.889. The maximum absolute atomic E-state index is 11.8.